The van der Waals surface area contributed by atoms with E-state index in [4.69, 9.17) is 16.3 Å². The summed E-state index contributed by atoms with van der Waals surface area (Å²) in [6.45, 7) is 2.51. The quantitative estimate of drug-likeness (QED) is 0.592. The molecule has 0 atom stereocenters. The van der Waals surface area contributed by atoms with Gasteiger partial charge in [-0.3, -0.25) is 4.79 Å². The Bertz CT molecular complexity index is 660. The highest BCUT2D eigenvalue weighted by molar-refractivity contribution is 14.1. The van der Waals surface area contributed by atoms with E-state index >= 15 is 0 Å². The molecule has 2 aromatic rings. The molecule has 5 nitrogen and oxygen atoms in total. The van der Waals surface area contributed by atoms with Gasteiger partial charge in [-0.25, -0.2) is 4.98 Å². The van der Waals surface area contributed by atoms with Crippen LogP contribution in [0.3, 0.4) is 0 Å². The number of rotatable bonds is 5. The van der Waals surface area contributed by atoms with Crippen molar-refractivity contribution >= 4 is 45.7 Å². The van der Waals surface area contributed by atoms with Crippen molar-refractivity contribution < 1.29 is 4.74 Å². The Labute approximate surface area is 134 Å². The molecule has 2 rings (SSSR count). The lowest BCUT2D eigenvalue weighted by Crippen LogP contribution is -2.13. The minimum atomic E-state index is -0.174. The van der Waals surface area contributed by atoms with Crippen molar-refractivity contribution in [3.63, 3.8) is 0 Å². The zero-order valence-electron chi connectivity index (χ0n) is 10.7. The summed E-state index contributed by atoms with van der Waals surface area (Å²) in [7, 11) is 0. The van der Waals surface area contributed by atoms with Gasteiger partial charge in [0.05, 0.1) is 18.8 Å². The summed E-state index contributed by atoms with van der Waals surface area (Å²) >= 11 is 7.87. The summed E-state index contributed by atoms with van der Waals surface area (Å²) in [5.74, 6) is 1.63. The molecule has 1 heterocycles. The molecule has 0 saturated heterocycles. The van der Waals surface area contributed by atoms with Gasteiger partial charge >= 0.3 is 0 Å². The molecule has 0 amide bonds. The van der Waals surface area contributed by atoms with Gasteiger partial charge in [0.1, 0.15) is 9.32 Å². The van der Waals surface area contributed by atoms with Crippen LogP contribution in [0.15, 0.2) is 29.3 Å². The Kier molecular flexibility index (Phi) is 5.24. The van der Waals surface area contributed by atoms with Crippen molar-refractivity contribution in [3.8, 4) is 5.75 Å². The third kappa shape index (κ3) is 3.43. The summed E-state index contributed by atoms with van der Waals surface area (Å²) in [6, 6.07) is 5.60. The fraction of sp³-hybridized carbons (Fsp3) is 0.231. The molecular formula is C13H13ClIN3O2. The molecule has 0 fully saturated rings. The fourth-order valence-corrected chi connectivity index (χ4v) is 2.30. The molecule has 0 aliphatic carbocycles. The van der Waals surface area contributed by atoms with Crippen LogP contribution in [0.2, 0.25) is 0 Å². The Balaban J connectivity index is 2.30. The third-order valence-electron chi connectivity index (χ3n) is 2.56. The van der Waals surface area contributed by atoms with Crippen LogP contribution in [0.4, 0.5) is 11.5 Å². The van der Waals surface area contributed by atoms with E-state index in [-0.39, 0.29) is 5.56 Å². The largest absolute Gasteiger partial charge is 0.494 e. The second-order valence-electron chi connectivity index (χ2n) is 3.91. The predicted molar refractivity (Wildman–Crippen MR) is 88.0 cm³/mol. The molecule has 0 bridgehead atoms. The van der Waals surface area contributed by atoms with Crippen LogP contribution < -0.4 is 15.6 Å². The highest BCUT2D eigenvalue weighted by atomic mass is 127. The molecule has 20 heavy (non-hydrogen) atoms. The van der Waals surface area contributed by atoms with Gasteiger partial charge in [0.2, 0.25) is 0 Å². The first kappa shape index (κ1) is 15.1. The van der Waals surface area contributed by atoms with Crippen molar-refractivity contribution in [3.05, 3.63) is 44.0 Å². The van der Waals surface area contributed by atoms with Crippen LogP contribution >= 0.6 is 34.2 Å². The van der Waals surface area contributed by atoms with Crippen LogP contribution in [0.1, 0.15) is 12.5 Å². The molecule has 0 spiro atoms. The first-order valence-corrected chi connectivity index (χ1v) is 7.59. The number of hydrogen-bond donors (Lipinski definition) is 2. The van der Waals surface area contributed by atoms with E-state index in [1.54, 1.807) is 0 Å². The Morgan fingerprint density at radius 1 is 1.50 bits per heavy atom. The van der Waals surface area contributed by atoms with Gasteiger partial charge in [-0.15, -0.1) is 11.6 Å². The first-order chi connectivity index (χ1) is 9.65. The number of ether oxygens (including phenoxy) is 1. The van der Waals surface area contributed by atoms with Gasteiger partial charge in [0.25, 0.3) is 5.56 Å². The Hall–Kier alpha value is -1.28. The number of benzene rings is 1. The van der Waals surface area contributed by atoms with Gasteiger partial charge in [-0.1, -0.05) is 0 Å². The average Bonchev–Trinajstić information content (AvgIpc) is 2.45. The number of aromatic amines is 1. The molecule has 1 aromatic heterocycles. The number of nitrogens with one attached hydrogen (secondary N) is 2. The van der Waals surface area contributed by atoms with Crippen molar-refractivity contribution in [1.82, 2.24) is 9.97 Å². The summed E-state index contributed by atoms with van der Waals surface area (Å²) in [5.41, 5.74) is 1.52. The maximum atomic E-state index is 11.5. The SMILES string of the molecule is CCOc1ccc(Nc2nc[nH]c(=O)c2I)cc1CCl. The molecule has 0 aliphatic heterocycles. The summed E-state index contributed by atoms with van der Waals surface area (Å²) in [6.07, 6.45) is 1.36. The van der Waals surface area contributed by atoms with Gasteiger partial charge in [0, 0.05) is 11.3 Å². The number of aromatic nitrogens is 2. The van der Waals surface area contributed by atoms with Crippen molar-refractivity contribution in [2.24, 2.45) is 0 Å². The predicted octanol–water partition coefficient (Wildman–Crippen LogP) is 3.26. The summed E-state index contributed by atoms with van der Waals surface area (Å²) in [5, 5.41) is 3.10. The molecular weight excluding hydrogens is 393 g/mol. The van der Waals surface area contributed by atoms with E-state index in [0.29, 0.717) is 21.9 Å². The lowest BCUT2D eigenvalue weighted by molar-refractivity contribution is 0.337. The molecule has 0 aliphatic rings. The normalized spacial score (nSPS) is 10.3. The lowest BCUT2D eigenvalue weighted by Gasteiger charge is -2.12. The topological polar surface area (TPSA) is 67.0 Å². The number of anilines is 2. The maximum Gasteiger partial charge on any atom is 0.266 e. The molecule has 7 heteroatoms. The van der Waals surface area contributed by atoms with Crippen LogP contribution in [-0.4, -0.2) is 16.6 Å². The number of halogens is 2. The molecule has 2 N–H and O–H groups in total. The third-order valence-corrected chi connectivity index (χ3v) is 3.85. The smallest absolute Gasteiger partial charge is 0.266 e. The minimum Gasteiger partial charge on any atom is -0.494 e. The zero-order valence-corrected chi connectivity index (χ0v) is 13.7. The molecule has 0 saturated carbocycles. The lowest BCUT2D eigenvalue weighted by atomic mass is 10.2. The van der Waals surface area contributed by atoms with Crippen molar-refractivity contribution in [2.45, 2.75) is 12.8 Å². The van der Waals surface area contributed by atoms with E-state index in [0.717, 1.165) is 17.0 Å². The Morgan fingerprint density at radius 2 is 2.30 bits per heavy atom. The van der Waals surface area contributed by atoms with Gasteiger partial charge in [0.15, 0.2) is 5.82 Å². The number of alkyl halides is 1. The van der Waals surface area contributed by atoms with E-state index in [1.807, 2.05) is 47.7 Å². The fourth-order valence-electron chi connectivity index (χ4n) is 1.66. The van der Waals surface area contributed by atoms with Crippen molar-refractivity contribution in [2.75, 3.05) is 11.9 Å². The first-order valence-electron chi connectivity index (χ1n) is 5.97. The standard InChI is InChI=1S/C13H13ClIN3O2/c1-2-20-10-4-3-9(5-8(10)6-14)18-12-11(15)13(19)17-7-16-12/h3-5,7H,2,6H2,1H3,(H2,16,17,18,19). The highest BCUT2D eigenvalue weighted by Gasteiger charge is 2.08. The minimum absolute atomic E-state index is 0.174. The Morgan fingerprint density at radius 3 is 3.00 bits per heavy atom. The second-order valence-corrected chi connectivity index (χ2v) is 5.25. The van der Waals surface area contributed by atoms with Gasteiger partial charge in [-0.05, 0) is 47.7 Å². The molecule has 1 aromatic carbocycles. The summed E-state index contributed by atoms with van der Waals surface area (Å²) in [4.78, 5) is 18.1. The average molecular weight is 406 g/mol. The number of H-pyrrole nitrogens is 1. The second kappa shape index (κ2) is 6.94. The molecule has 0 radical (unpaired) electrons. The van der Waals surface area contributed by atoms with Crippen LogP contribution in [0, 0.1) is 3.57 Å². The van der Waals surface area contributed by atoms with Gasteiger partial charge in [-0.2, -0.15) is 0 Å². The van der Waals surface area contributed by atoms with Crippen LogP contribution in [0.5, 0.6) is 5.75 Å². The van der Waals surface area contributed by atoms with E-state index in [2.05, 4.69) is 15.3 Å². The number of hydrogen-bond acceptors (Lipinski definition) is 4. The maximum absolute atomic E-state index is 11.5. The molecule has 0 unspecified atom stereocenters. The highest BCUT2D eigenvalue weighted by Crippen LogP contribution is 2.26. The van der Waals surface area contributed by atoms with Crippen LogP contribution in [-0.2, 0) is 5.88 Å². The summed E-state index contributed by atoms with van der Waals surface area (Å²) < 4.78 is 6.00. The zero-order chi connectivity index (χ0) is 14.5. The van der Waals surface area contributed by atoms with E-state index < -0.39 is 0 Å². The van der Waals surface area contributed by atoms with E-state index in [9.17, 15) is 4.79 Å². The van der Waals surface area contributed by atoms with E-state index in [1.165, 1.54) is 6.33 Å². The molecule has 106 valence electrons. The van der Waals surface area contributed by atoms with Crippen LogP contribution in [0.25, 0.3) is 0 Å². The monoisotopic (exact) mass is 405 g/mol. The number of nitrogens with zero attached hydrogens (tertiary/aromatic N) is 1. The van der Waals surface area contributed by atoms with Gasteiger partial charge < -0.3 is 15.0 Å². The van der Waals surface area contributed by atoms with Crippen molar-refractivity contribution in [1.29, 1.82) is 0 Å².